The minimum Gasteiger partial charge on any atom is -0.493 e. The standard InChI is InChI=1S/C32H37N3O5/c1-38-28-17-24(18-29(39-2)31(28)40-3)27(35-21-23-11-7-8-12-26(23)32(35)37)19-30(36)33-25-13-15-34(16-14-25)20-22-9-5-4-6-10-22/h4-12,17-18,25,27H,13-16,19-21H2,1-3H3,(H,33,36)/t27-/m1/s1. The lowest BCUT2D eigenvalue weighted by atomic mass is 9.99. The molecule has 0 unspecified atom stereocenters. The van der Waals surface area contributed by atoms with Crippen molar-refractivity contribution in [1.29, 1.82) is 0 Å². The van der Waals surface area contributed by atoms with E-state index in [1.165, 1.54) is 5.56 Å². The number of carbonyl (C=O) groups is 2. The predicted octanol–water partition coefficient (Wildman–Crippen LogP) is 4.58. The zero-order chi connectivity index (χ0) is 28.1. The normalized spacial score (nSPS) is 16.4. The summed E-state index contributed by atoms with van der Waals surface area (Å²) in [5, 5.41) is 3.25. The van der Waals surface area contributed by atoms with Gasteiger partial charge in [0.25, 0.3) is 5.91 Å². The van der Waals surface area contributed by atoms with Crippen LogP contribution in [0.15, 0.2) is 66.7 Å². The van der Waals surface area contributed by atoms with E-state index < -0.39 is 6.04 Å². The third-order valence-corrected chi connectivity index (χ3v) is 7.88. The van der Waals surface area contributed by atoms with Crippen molar-refractivity contribution in [2.75, 3.05) is 34.4 Å². The molecule has 8 heteroatoms. The fourth-order valence-electron chi connectivity index (χ4n) is 5.77. The van der Waals surface area contributed by atoms with Gasteiger partial charge >= 0.3 is 0 Å². The van der Waals surface area contributed by atoms with Gasteiger partial charge in [-0.05, 0) is 47.7 Å². The van der Waals surface area contributed by atoms with Gasteiger partial charge in [-0.25, -0.2) is 0 Å². The summed E-state index contributed by atoms with van der Waals surface area (Å²) in [5.74, 6) is 1.27. The monoisotopic (exact) mass is 543 g/mol. The van der Waals surface area contributed by atoms with Crippen LogP contribution in [-0.4, -0.2) is 62.1 Å². The van der Waals surface area contributed by atoms with Crippen molar-refractivity contribution in [3.8, 4) is 17.2 Å². The number of rotatable bonds is 10. The number of nitrogens with zero attached hydrogens (tertiary/aromatic N) is 2. The maximum Gasteiger partial charge on any atom is 0.255 e. The van der Waals surface area contributed by atoms with E-state index in [0.29, 0.717) is 29.4 Å². The smallest absolute Gasteiger partial charge is 0.255 e. The molecule has 210 valence electrons. The second-order valence-electron chi connectivity index (χ2n) is 10.4. The van der Waals surface area contributed by atoms with Crippen molar-refractivity contribution in [3.05, 3.63) is 89.0 Å². The third kappa shape index (κ3) is 5.92. The molecule has 1 N–H and O–H groups in total. The molecule has 3 aromatic rings. The van der Waals surface area contributed by atoms with Crippen molar-refractivity contribution in [2.45, 2.75) is 44.4 Å². The van der Waals surface area contributed by atoms with E-state index in [4.69, 9.17) is 14.2 Å². The zero-order valence-corrected chi connectivity index (χ0v) is 23.4. The molecule has 8 nitrogen and oxygen atoms in total. The number of hydrogen-bond acceptors (Lipinski definition) is 6. The minimum absolute atomic E-state index is 0.0796. The number of likely N-dealkylation sites (tertiary alicyclic amines) is 1. The van der Waals surface area contributed by atoms with Crippen LogP contribution in [0.2, 0.25) is 0 Å². The molecule has 0 saturated carbocycles. The Morgan fingerprint density at radius 2 is 1.57 bits per heavy atom. The largest absolute Gasteiger partial charge is 0.493 e. The number of methoxy groups -OCH3 is 3. The molecule has 5 rings (SSSR count). The summed E-state index contributed by atoms with van der Waals surface area (Å²) in [7, 11) is 4.67. The Kier molecular flexibility index (Phi) is 8.55. The predicted molar refractivity (Wildman–Crippen MR) is 153 cm³/mol. The highest BCUT2D eigenvalue weighted by atomic mass is 16.5. The average Bonchev–Trinajstić information content (AvgIpc) is 3.32. The Balaban J connectivity index is 1.32. The first-order valence-electron chi connectivity index (χ1n) is 13.7. The van der Waals surface area contributed by atoms with E-state index in [0.717, 1.165) is 43.6 Å². The van der Waals surface area contributed by atoms with Crippen LogP contribution in [-0.2, 0) is 17.9 Å². The first-order chi connectivity index (χ1) is 19.5. The van der Waals surface area contributed by atoms with Gasteiger partial charge in [-0.3, -0.25) is 14.5 Å². The quantitative estimate of drug-likeness (QED) is 0.403. The lowest BCUT2D eigenvalue weighted by Gasteiger charge is -2.33. The molecular formula is C32H37N3O5. The number of nitrogens with one attached hydrogen (secondary N) is 1. The summed E-state index contributed by atoms with van der Waals surface area (Å²) in [6.07, 6.45) is 1.91. The summed E-state index contributed by atoms with van der Waals surface area (Å²) in [6, 6.07) is 21.3. The van der Waals surface area contributed by atoms with Crippen LogP contribution < -0.4 is 19.5 Å². The molecule has 2 amide bonds. The van der Waals surface area contributed by atoms with Crippen LogP contribution in [0.1, 0.15) is 52.4 Å². The number of amides is 2. The van der Waals surface area contributed by atoms with Crippen LogP contribution in [0, 0.1) is 0 Å². The number of hydrogen-bond donors (Lipinski definition) is 1. The molecule has 0 aliphatic carbocycles. The van der Waals surface area contributed by atoms with Crippen LogP contribution in [0.4, 0.5) is 0 Å². The second kappa shape index (κ2) is 12.4. The van der Waals surface area contributed by atoms with Crippen LogP contribution in [0.25, 0.3) is 0 Å². The molecule has 2 aliphatic heterocycles. The molecule has 40 heavy (non-hydrogen) atoms. The molecule has 2 aliphatic rings. The van der Waals surface area contributed by atoms with E-state index in [-0.39, 0.29) is 24.3 Å². The molecule has 0 radical (unpaired) electrons. The summed E-state index contributed by atoms with van der Waals surface area (Å²) in [5.41, 5.74) is 3.68. The van der Waals surface area contributed by atoms with Crippen molar-refractivity contribution in [1.82, 2.24) is 15.1 Å². The van der Waals surface area contributed by atoms with E-state index in [9.17, 15) is 9.59 Å². The third-order valence-electron chi connectivity index (χ3n) is 7.88. The Hall–Kier alpha value is -4.04. The number of ether oxygens (including phenoxy) is 3. The number of benzene rings is 3. The SMILES string of the molecule is COc1cc([C@@H](CC(=O)NC2CCN(Cc3ccccc3)CC2)N2Cc3ccccc3C2=O)cc(OC)c1OC. The highest BCUT2D eigenvalue weighted by Gasteiger charge is 2.36. The average molecular weight is 544 g/mol. The van der Waals surface area contributed by atoms with Crippen LogP contribution in [0.5, 0.6) is 17.2 Å². The van der Waals surface area contributed by atoms with Crippen molar-refractivity contribution >= 4 is 11.8 Å². The van der Waals surface area contributed by atoms with Gasteiger partial charge in [0, 0.05) is 37.8 Å². The van der Waals surface area contributed by atoms with Gasteiger partial charge in [-0.15, -0.1) is 0 Å². The summed E-state index contributed by atoms with van der Waals surface area (Å²) >= 11 is 0. The molecule has 1 fully saturated rings. The highest BCUT2D eigenvalue weighted by Crippen LogP contribution is 2.43. The van der Waals surface area contributed by atoms with E-state index >= 15 is 0 Å². The van der Waals surface area contributed by atoms with Gasteiger partial charge in [0.05, 0.1) is 33.8 Å². The van der Waals surface area contributed by atoms with E-state index in [1.54, 1.807) is 26.2 Å². The van der Waals surface area contributed by atoms with Crippen LogP contribution in [0.3, 0.4) is 0 Å². The van der Waals surface area contributed by atoms with Gasteiger partial charge < -0.3 is 24.4 Å². The molecule has 0 aromatic heterocycles. The number of fused-ring (bicyclic) bond motifs is 1. The molecule has 1 saturated heterocycles. The topological polar surface area (TPSA) is 80.3 Å². The lowest BCUT2D eigenvalue weighted by Crippen LogP contribution is -2.45. The van der Waals surface area contributed by atoms with Gasteiger partial charge in [0.15, 0.2) is 11.5 Å². The van der Waals surface area contributed by atoms with Gasteiger partial charge in [0.2, 0.25) is 11.7 Å². The maximum absolute atomic E-state index is 13.5. The van der Waals surface area contributed by atoms with Crippen molar-refractivity contribution < 1.29 is 23.8 Å². The summed E-state index contributed by atoms with van der Waals surface area (Å²) in [6.45, 7) is 3.20. The molecule has 3 aromatic carbocycles. The fraction of sp³-hybridized carbons (Fsp3) is 0.375. The number of carbonyl (C=O) groups excluding carboxylic acids is 2. The Morgan fingerprint density at radius 3 is 2.20 bits per heavy atom. The summed E-state index contributed by atoms with van der Waals surface area (Å²) < 4.78 is 16.7. The Labute approximate surface area is 235 Å². The second-order valence-corrected chi connectivity index (χ2v) is 10.4. The zero-order valence-electron chi connectivity index (χ0n) is 23.4. The first kappa shape index (κ1) is 27.5. The van der Waals surface area contributed by atoms with Crippen LogP contribution >= 0.6 is 0 Å². The Bertz CT molecular complexity index is 1310. The molecule has 1 atom stereocenters. The fourth-order valence-corrected chi connectivity index (χ4v) is 5.77. The van der Waals surface area contributed by atoms with Gasteiger partial charge in [0.1, 0.15) is 0 Å². The minimum atomic E-state index is -0.508. The van der Waals surface area contributed by atoms with E-state index in [1.807, 2.05) is 42.5 Å². The van der Waals surface area contributed by atoms with Crippen molar-refractivity contribution in [3.63, 3.8) is 0 Å². The van der Waals surface area contributed by atoms with Gasteiger partial charge in [-0.1, -0.05) is 48.5 Å². The molecule has 0 spiro atoms. The molecular weight excluding hydrogens is 506 g/mol. The Morgan fingerprint density at radius 1 is 0.925 bits per heavy atom. The first-order valence-corrected chi connectivity index (χ1v) is 13.7. The summed E-state index contributed by atoms with van der Waals surface area (Å²) in [4.78, 5) is 31.2. The number of piperidine rings is 1. The van der Waals surface area contributed by atoms with E-state index in [2.05, 4.69) is 34.5 Å². The van der Waals surface area contributed by atoms with Gasteiger partial charge in [-0.2, -0.15) is 0 Å². The molecule has 0 bridgehead atoms. The molecule has 2 heterocycles. The van der Waals surface area contributed by atoms with Crippen molar-refractivity contribution in [2.24, 2.45) is 0 Å². The maximum atomic E-state index is 13.5. The highest BCUT2D eigenvalue weighted by molar-refractivity contribution is 5.99. The lowest BCUT2D eigenvalue weighted by molar-refractivity contribution is -0.123.